The first-order chi connectivity index (χ1) is 6.62. The molecule has 1 heterocycles. The van der Waals surface area contributed by atoms with Crippen molar-refractivity contribution in [1.82, 2.24) is 4.98 Å². The average Bonchev–Trinajstić information content (AvgIpc) is 2.00. The summed E-state index contributed by atoms with van der Waals surface area (Å²) in [6.45, 7) is 6.30. The van der Waals surface area contributed by atoms with Gasteiger partial charge in [-0.05, 0) is 36.7 Å². The fraction of sp³-hybridized carbons (Fsp3) is 0.500. The second-order valence-electron chi connectivity index (χ2n) is 4.26. The van der Waals surface area contributed by atoms with Gasteiger partial charge in [0.05, 0.1) is 7.85 Å². The van der Waals surface area contributed by atoms with Crippen LogP contribution in [0.5, 0.6) is 0 Å². The minimum absolute atomic E-state index is 0.0772. The molecule has 2 atom stereocenters. The van der Waals surface area contributed by atoms with Crippen LogP contribution in [0.15, 0.2) is 12.3 Å². The van der Waals surface area contributed by atoms with E-state index < -0.39 is 4.80 Å². The Morgan fingerprint density at radius 3 is 2.33 bits per heavy atom. The molecule has 0 spiro atoms. The lowest BCUT2D eigenvalue weighted by Gasteiger charge is -2.25. The summed E-state index contributed by atoms with van der Waals surface area (Å²) in [7, 11) is 11.3. The molecule has 1 rings (SSSR count). The quantitative estimate of drug-likeness (QED) is 0.346. The van der Waals surface area contributed by atoms with E-state index in [1.54, 1.807) is 0 Å². The summed E-state index contributed by atoms with van der Waals surface area (Å²) in [5.74, 6) is 0. The third kappa shape index (κ3) is 3.65. The van der Waals surface area contributed by atoms with Crippen molar-refractivity contribution in [2.75, 3.05) is 0 Å². The van der Waals surface area contributed by atoms with E-state index in [0.29, 0.717) is 0 Å². The normalized spacial score (nSPS) is 12.9. The second-order valence-corrected chi connectivity index (χ2v) is 9.54. The molecule has 1 nitrogen and oxygen atoms in total. The van der Waals surface area contributed by atoms with E-state index in [-0.39, 0.29) is 3.42 Å². The Balaban J connectivity index is 3.30. The highest BCUT2D eigenvalue weighted by molar-refractivity contribution is 14.1. The van der Waals surface area contributed by atoms with Gasteiger partial charge in [-0.3, -0.25) is 4.98 Å². The van der Waals surface area contributed by atoms with Gasteiger partial charge in [-0.25, -0.2) is 0 Å². The molecule has 0 bridgehead atoms. The van der Waals surface area contributed by atoms with E-state index in [4.69, 9.17) is 7.85 Å². The summed E-state index contributed by atoms with van der Waals surface area (Å²) in [5, 5.41) is 0. The molecule has 0 aromatic carbocycles. The van der Waals surface area contributed by atoms with E-state index in [1.807, 2.05) is 13.1 Å². The first-order valence-electron chi connectivity index (χ1n) is 4.65. The molecule has 1 aromatic rings. The fourth-order valence-corrected chi connectivity index (χ4v) is 2.18. The zero-order chi connectivity index (χ0) is 11.9. The van der Waals surface area contributed by atoms with Gasteiger partial charge in [0, 0.05) is 15.3 Å². The van der Waals surface area contributed by atoms with Crippen LogP contribution in [0.2, 0.25) is 0 Å². The van der Waals surface area contributed by atoms with Crippen LogP contribution in [0.25, 0.3) is 0 Å². The van der Waals surface area contributed by atoms with Crippen molar-refractivity contribution in [1.29, 1.82) is 0 Å². The van der Waals surface area contributed by atoms with Gasteiger partial charge in [0.2, 0.25) is 0 Å². The highest BCUT2D eigenvalue weighted by Gasteiger charge is 2.22. The highest BCUT2D eigenvalue weighted by atomic mass is 127. The van der Waals surface area contributed by atoms with Crippen LogP contribution < -0.4 is 0 Å². The summed E-state index contributed by atoms with van der Waals surface area (Å²) in [6, 6.07) is 2.13. The van der Waals surface area contributed by atoms with Crippen LogP contribution in [0.3, 0.4) is 0 Å². The molecule has 0 fully saturated rings. The van der Waals surface area contributed by atoms with Crippen LogP contribution in [-0.4, -0.2) is 12.8 Å². The van der Waals surface area contributed by atoms with Crippen molar-refractivity contribution in [2.24, 2.45) is 0 Å². The maximum Gasteiger partial charge on any atom is 0.0925 e. The van der Waals surface area contributed by atoms with Crippen LogP contribution >= 0.6 is 41.1 Å². The smallest absolute Gasteiger partial charge is 0.0925 e. The summed E-state index contributed by atoms with van der Waals surface area (Å²) >= 11 is 2.40. The van der Waals surface area contributed by atoms with Gasteiger partial charge in [-0.2, -0.15) is 0 Å². The van der Waals surface area contributed by atoms with Gasteiger partial charge in [-0.1, -0.05) is 28.7 Å². The third-order valence-electron chi connectivity index (χ3n) is 2.24. The van der Waals surface area contributed by atoms with E-state index >= 15 is 0 Å². The highest BCUT2D eigenvalue weighted by Crippen LogP contribution is 2.39. The van der Waals surface area contributed by atoms with Crippen LogP contribution in [0, 0.1) is 6.92 Å². The number of rotatable bonds is 2. The Hall–Kier alpha value is 0.805. The Morgan fingerprint density at radius 1 is 1.40 bits per heavy atom. The Morgan fingerprint density at radius 2 is 1.93 bits per heavy atom. The van der Waals surface area contributed by atoms with E-state index in [1.165, 1.54) is 5.56 Å². The van der Waals surface area contributed by atoms with Crippen molar-refractivity contribution in [3.05, 3.63) is 29.1 Å². The van der Waals surface area contributed by atoms with Crippen molar-refractivity contribution in [3.63, 3.8) is 0 Å². The van der Waals surface area contributed by atoms with Gasteiger partial charge in [0.25, 0.3) is 0 Å². The molecule has 0 aliphatic carbocycles. The molecule has 15 heavy (non-hydrogen) atoms. The topological polar surface area (TPSA) is 12.9 Å². The SMILES string of the molecule is [B]C(P)(P)c1cc(C(C)(C)I)cnc1C. The first-order valence-corrected chi connectivity index (χ1v) is 6.89. The molecular formula is C10H15BINP2. The van der Waals surface area contributed by atoms with Crippen LogP contribution in [0.1, 0.15) is 30.7 Å². The summed E-state index contributed by atoms with van der Waals surface area (Å²) in [4.78, 5) is 3.91. The molecular weight excluding hydrogens is 334 g/mol. The molecule has 2 radical (unpaired) electrons. The van der Waals surface area contributed by atoms with Crippen molar-refractivity contribution in [2.45, 2.75) is 29.0 Å². The minimum Gasteiger partial charge on any atom is -0.261 e. The standard InChI is InChI=1S/C10H15BINP2/c1-6-8(10(11,14)15)4-7(5-13-6)9(2,3)12/h4-5H,14-15H2,1-3H3. The second kappa shape index (κ2) is 4.59. The number of alkyl halides is 1. The van der Waals surface area contributed by atoms with Crippen molar-refractivity contribution >= 4 is 48.9 Å². The average molecular weight is 349 g/mol. The molecule has 0 saturated carbocycles. The number of nitrogens with zero attached hydrogens (tertiary/aromatic N) is 1. The number of hydrogen-bond donors (Lipinski definition) is 0. The van der Waals surface area contributed by atoms with Gasteiger partial charge < -0.3 is 0 Å². The predicted octanol–water partition coefficient (Wildman–Crippen LogP) is 3.09. The maximum atomic E-state index is 6.05. The zero-order valence-corrected chi connectivity index (χ0v) is 13.7. The zero-order valence-electron chi connectivity index (χ0n) is 9.21. The minimum atomic E-state index is -0.491. The molecule has 0 aliphatic rings. The summed E-state index contributed by atoms with van der Waals surface area (Å²) in [5.41, 5.74) is 3.23. The monoisotopic (exact) mass is 349 g/mol. The van der Waals surface area contributed by atoms with Crippen LogP contribution in [-0.2, 0) is 8.22 Å². The van der Waals surface area contributed by atoms with Crippen molar-refractivity contribution in [3.8, 4) is 0 Å². The summed E-state index contributed by atoms with van der Waals surface area (Å²) in [6.07, 6.45) is 1.92. The number of halogens is 1. The molecule has 0 aliphatic heterocycles. The lowest BCUT2D eigenvalue weighted by atomic mass is 9.91. The molecule has 0 amide bonds. The van der Waals surface area contributed by atoms with E-state index in [0.717, 1.165) is 11.3 Å². The lowest BCUT2D eigenvalue weighted by molar-refractivity contribution is 0.813. The molecule has 0 N–H and O–H groups in total. The fourth-order valence-electron chi connectivity index (χ4n) is 1.30. The Labute approximate surface area is 112 Å². The molecule has 2 unspecified atom stereocenters. The third-order valence-corrected chi connectivity index (χ3v) is 3.48. The summed E-state index contributed by atoms with van der Waals surface area (Å²) < 4.78 is 0.0772. The van der Waals surface area contributed by atoms with E-state index in [2.05, 4.69) is 66.0 Å². The Bertz CT molecular complexity index is 369. The van der Waals surface area contributed by atoms with Gasteiger partial charge in [0.15, 0.2) is 0 Å². The number of pyridine rings is 1. The Kier molecular flexibility index (Phi) is 4.24. The van der Waals surface area contributed by atoms with E-state index in [9.17, 15) is 0 Å². The van der Waals surface area contributed by atoms with Gasteiger partial charge >= 0.3 is 0 Å². The first kappa shape index (κ1) is 13.9. The number of aromatic nitrogens is 1. The van der Waals surface area contributed by atoms with Crippen LogP contribution in [0.4, 0.5) is 0 Å². The lowest BCUT2D eigenvalue weighted by Crippen LogP contribution is -2.15. The maximum absolute atomic E-state index is 6.05. The molecule has 0 saturated heterocycles. The predicted molar refractivity (Wildman–Crippen MR) is 82.9 cm³/mol. The number of aryl methyl sites for hydroxylation is 1. The largest absolute Gasteiger partial charge is 0.261 e. The molecule has 1 aromatic heterocycles. The van der Waals surface area contributed by atoms with Gasteiger partial charge in [-0.15, -0.1) is 18.5 Å². The molecule has 80 valence electrons. The number of hydrogen-bond acceptors (Lipinski definition) is 1. The van der Waals surface area contributed by atoms with Crippen molar-refractivity contribution < 1.29 is 0 Å². The van der Waals surface area contributed by atoms with Gasteiger partial charge in [0.1, 0.15) is 0 Å². The molecule has 5 heteroatoms.